The third kappa shape index (κ3) is 2.10. The molecule has 1 aromatic rings. The van der Waals surface area contributed by atoms with Gasteiger partial charge in [0, 0.05) is 31.9 Å². The maximum absolute atomic E-state index is 4.31. The Kier molecular flexibility index (Phi) is 2.64. The van der Waals surface area contributed by atoms with Crippen molar-refractivity contribution >= 4 is 0 Å². The van der Waals surface area contributed by atoms with Gasteiger partial charge < -0.3 is 9.88 Å². The fourth-order valence-electron chi connectivity index (χ4n) is 1.94. The van der Waals surface area contributed by atoms with E-state index in [-0.39, 0.29) is 0 Å². The number of imidazole rings is 1. The summed E-state index contributed by atoms with van der Waals surface area (Å²) in [6.45, 7) is 1.20. The molecule has 0 spiro atoms. The summed E-state index contributed by atoms with van der Waals surface area (Å²) in [6.07, 6.45) is 8.89. The van der Waals surface area contributed by atoms with Crippen LogP contribution in [-0.2, 0) is 13.5 Å². The summed E-state index contributed by atoms with van der Waals surface area (Å²) in [5.74, 6) is 1.20. The minimum Gasteiger partial charge on any atom is -0.338 e. The summed E-state index contributed by atoms with van der Waals surface area (Å²) in [6, 6.07) is 0.733. The molecular weight excluding hydrogens is 162 g/mol. The molecule has 1 saturated heterocycles. The molecule has 2 heterocycles. The number of hydrogen-bond donors (Lipinski definition) is 1. The highest BCUT2D eigenvalue weighted by Gasteiger charge is 2.14. The van der Waals surface area contributed by atoms with Gasteiger partial charge in [-0.05, 0) is 25.8 Å². The van der Waals surface area contributed by atoms with Gasteiger partial charge in [-0.3, -0.25) is 0 Å². The van der Waals surface area contributed by atoms with Gasteiger partial charge in [0.2, 0.25) is 0 Å². The summed E-state index contributed by atoms with van der Waals surface area (Å²) in [5, 5.41) is 3.50. The average Bonchev–Trinajstić information content (AvgIpc) is 2.72. The third-order valence-electron chi connectivity index (χ3n) is 2.80. The molecule has 1 fully saturated rings. The van der Waals surface area contributed by atoms with Crippen LogP contribution in [0.2, 0.25) is 0 Å². The van der Waals surface area contributed by atoms with E-state index in [2.05, 4.69) is 21.9 Å². The second-order valence-electron chi connectivity index (χ2n) is 3.79. The van der Waals surface area contributed by atoms with Crippen LogP contribution in [0.15, 0.2) is 12.4 Å². The number of aryl methyl sites for hydroxylation is 2. The average molecular weight is 179 g/mol. The highest BCUT2D eigenvalue weighted by atomic mass is 15.0. The van der Waals surface area contributed by atoms with E-state index in [1.165, 1.54) is 31.6 Å². The standard InChI is InChI=1S/C10H17N3/c1-13-8-7-12-10(13)5-4-9-3-2-6-11-9/h7-9,11H,2-6H2,1H3/t9-/m0/s1. The first-order valence-corrected chi connectivity index (χ1v) is 5.06. The fraction of sp³-hybridized carbons (Fsp3) is 0.700. The van der Waals surface area contributed by atoms with Crippen molar-refractivity contribution in [2.75, 3.05) is 6.54 Å². The molecule has 72 valence electrons. The molecule has 0 radical (unpaired) electrons. The lowest BCUT2D eigenvalue weighted by molar-refractivity contribution is 0.545. The van der Waals surface area contributed by atoms with Gasteiger partial charge in [0.25, 0.3) is 0 Å². The van der Waals surface area contributed by atoms with Crippen LogP contribution in [0.4, 0.5) is 0 Å². The fourth-order valence-corrected chi connectivity index (χ4v) is 1.94. The second-order valence-corrected chi connectivity index (χ2v) is 3.79. The highest BCUT2D eigenvalue weighted by Crippen LogP contribution is 2.11. The van der Waals surface area contributed by atoms with Gasteiger partial charge in [0.15, 0.2) is 0 Å². The van der Waals surface area contributed by atoms with E-state index in [4.69, 9.17) is 0 Å². The van der Waals surface area contributed by atoms with Gasteiger partial charge in [-0.2, -0.15) is 0 Å². The number of rotatable bonds is 3. The Morgan fingerprint density at radius 3 is 3.23 bits per heavy atom. The van der Waals surface area contributed by atoms with Crippen LogP contribution in [0.5, 0.6) is 0 Å². The quantitative estimate of drug-likeness (QED) is 0.753. The van der Waals surface area contributed by atoms with Crippen LogP contribution >= 0.6 is 0 Å². The van der Waals surface area contributed by atoms with E-state index in [1.807, 2.05) is 12.4 Å². The zero-order chi connectivity index (χ0) is 9.10. The minimum atomic E-state index is 0.733. The molecule has 2 rings (SSSR count). The molecule has 0 aromatic carbocycles. The van der Waals surface area contributed by atoms with Crippen molar-refractivity contribution in [1.29, 1.82) is 0 Å². The molecule has 0 unspecified atom stereocenters. The smallest absolute Gasteiger partial charge is 0.108 e. The van der Waals surface area contributed by atoms with Crippen molar-refractivity contribution in [3.63, 3.8) is 0 Å². The molecule has 13 heavy (non-hydrogen) atoms. The Labute approximate surface area is 79.2 Å². The summed E-state index contributed by atoms with van der Waals surface area (Å²) in [7, 11) is 2.06. The highest BCUT2D eigenvalue weighted by molar-refractivity contribution is 4.92. The van der Waals surface area contributed by atoms with Crippen molar-refractivity contribution in [2.24, 2.45) is 7.05 Å². The van der Waals surface area contributed by atoms with Gasteiger partial charge in [-0.1, -0.05) is 0 Å². The number of nitrogens with one attached hydrogen (secondary N) is 1. The van der Waals surface area contributed by atoms with Crippen LogP contribution in [-0.4, -0.2) is 22.1 Å². The normalized spacial score (nSPS) is 22.4. The molecule has 1 aliphatic rings. The van der Waals surface area contributed by atoms with Crippen LogP contribution in [0.1, 0.15) is 25.1 Å². The summed E-state index contributed by atoms with van der Waals surface area (Å²) in [4.78, 5) is 4.31. The van der Waals surface area contributed by atoms with E-state index in [1.54, 1.807) is 0 Å². The molecule has 3 heteroatoms. The van der Waals surface area contributed by atoms with Gasteiger partial charge in [0.1, 0.15) is 5.82 Å². The Morgan fingerprint density at radius 2 is 2.62 bits per heavy atom. The molecular formula is C10H17N3. The SMILES string of the molecule is Cn1ccnc1CC[C@@H]1CCCN1. The van der Waals surface area contributed by atoms with Crippen LogP contribution in [0.3, 0.4) is 0 Å². The maximum Gasteiger partial charge on any atom is 0.108 e. The number of nitrogens with zero attached hydrogens (tertiary/aromatic N) is 2. The summed E-state index contributed by atoms with van der Waals surface area (Å²) in [5.41, 5.74) is 0. The van der Waals surface area contributed by atoms with Crippen molar-refractivity contribution < 1.29 is 0 Å². The van der Waals surface area contributed by atoms with Crippen molar-refractivity contribution in [3.8, 4) is 0 Å². The monoisotopic (exact) mass is 179 g/mol. The predicted octanol–water partition coefficient (Wildman–Crippen LogP) is 1.10. The molecule has 0 aliphatic carbocycles. The molecule has 0 bridgehead atoms. The van der Waals surface area contributed by atoms with Crippen LogP contribution < -0.4 is 5.32 Å². The first kappa shape index (κ1) is 8.75. The van der Waals surface area contributed by atoms with E-state index in [9.17, 15) is 0 Å². The third-order valence-corrected chi connectivity index (χ3v) is 2.80. The Bertz CT molecular complexity index is 261. The number of aromatic nitrogens is 2. The molecule has 0 amide bonds. The number of hydrogen-bond acceptors (Lipinski definition) is 2. The Balaban J connectivity index is 1.82. The molecule has 1 atom stereocenters. The van der Waals surface area contributed by atoms with E-state index in [0.717, 1.165) is 12.5 Å². The van der Waals surface area contributed by atoms with E-state index in [0.29, 0.717) is 0 Å². The van der Waals surface area contributed by atoms with E-state index >= 15 is 0 Å². The minimum absolute atomic E-state index is 0.733. The predicted molar refractivity (Wildman–Crippen MR) is 52.6 cm³/mol. The van der Waals surface area contributed by atoms with Crippen molar-refractivity contribution in [2.45, 2.75) is 31.7 Å². The van der Waals surface area contributed by atoms with E-state index < -0.39 is 0 Å². The largest absolute Gasteiger partial charge is 0.338 e. The molecule has 1 N–H and O–H groups in total. The van der Waals surface area contributed by atoms with Gasteiger partial charge >= 0.3 is 0 Å². The summed E-state index contributed by atoms with van der Waals surface area (Å²) < 4.78 is 2.11. The molecule has 0 saturated carbocycles. The summed E-state index contributed by atoms with van der Waals surface area (Å²) >= 11 is 0. The maximum atomic E-state index is 4.31. The lowest BCUT2D eigenvalue weighted by atomic mass is 10.1. The first-order valence-electron chi connectivity index (χ1n) is 5.06. The Morgan fingerprint density at radius 1 is 1.69 bits per heavy atom. The van der Waals surface area contributed by atoms with Gasteiger partial charge in [-0.15, -0.1) is 0 Å². The van der Waals surface area contributed by atoms with Crippen LogP contribution in [0.25, 0.3) is 0 Å². The van der Waals surface area contributed by atoms with Gasteiger partial charge in [-0.25, -0.2) is 4.98 Å². The lowest BCUT2D eigenvalue weighted by Gasteiger charge is -2.08. The van der Waals surface area contributed by atoms with Crippen molar-refractivity contribution in [3.05, 3.63) is 18.2 Å². The molecule has 1 aromatic heterocycles. The Hall–Kier alpha value is -0.830. The van der Waals surface area contributed by atoms with Crippen molar-refractivity contribution in [1.82, 2.24) is 14.9 Å². The molecule has 3 nitrogen and oxygen atoms in total. The first-order chi connectivity index (χ1) is 6.36. The lowest BCUT2D eigenvalue weighted by Crippen LogP contribution is -2.22. The zero-order valence-corrected chi connectivity index (χ0v) is 8.16. The molecule has 1 aliphatic heterocycles. The second kappa shape index (κ2) is 3.92. The topological polar surface area (TPSA) is 29.9 Å². The zero-order valence-electron chi connectivity index (χ0n) is 8.16. The van der Waals surface area contributed by atoms with Gasteiger partial charge in [0.05, 0.1) is 0 Å². The van der Waals surface area contributed by atoms with Crippen LogP contribution in [0, 0.1) is 0 Å².